The highest BCUT2D eigenvalue weighted by molar-refractivity contribution is 5.71. The molecule has 3 N–H and O–H groups in total. The molecule has 0 bridgehead atoms. The van der Waals surface area contributed by atoms with Crippen molar-refractivity contribution in [2.45, 2.75) is 24.8 Å². The average Bonchev–Trinajstić information content (AvgIpc) is 2.58. The Balaban J connectivity index is 2.29. The van der Waals surface area contributed by atoms with Crippen LogP contribution >= 0.6 is 0 Å². The van der Waals surface area contributed by atoms with Gasteiger partial charge in [0.2, 0.25) is 0 Å². The van der Waals surface area contributed by atoms with E-state index in [0.717, 1.165) is 11.1 Å². The molecule has 0 spiro atoms. The summed E-state index contributed by atoms with van der Waals surface area (Å²) in [5.41, 5.74) is 7.82. The van der Waals surface area contributed by atoms with E-state index < -0.39 is 0 Å². The first kappa shape index (κ1) is 11.0. The number of esters is 1. The molecule has 0 aromatic heterocycles. The molecule has 1 aliphatic rings. The number of benzene rings is 1. The molecule has 0 saturated carbocycles. The van der Waals surface area contributed by atoms with Gasteiger partial charge in [-0.15, -0.1) is 0 Å². The van der Waals surface area contributed by atoms with Gasteiger partial charge in [0.1, 0.15) is 5.75 Å². The molecule has 0 radical (unpaired) electrons. The van der Waals surface area contributed by atoms with E-state index in [1.807, 2.05) is 6.07 Å². The average molecular weight is 221 g/mol. The van der Waals surface area contributed by atoms with Crippen molar-refractivity contribution in [3.05, 3.63) is 29.3 Å². The minimum absolute atomic E-state index is 0.0467. The number of rotatable bonds is 2. The van der Waals surface area contributed by atoms with E-state index >= 15 is 0 Å². The van der Waals surface area contributed by atoms with Gasteiger partial charge in [0.25, 0.3) is 0 Å². The monoisotopic (exact) mass is 221 g/mol. The van der Waals surface area contributed by atoms with Crippen LogP contribution in [0.5, 0.6) is 5.75 Å². The maximum Gasteiger partial charge on any atom is 0.306 e. The zero-order valence-electron chi connectivity index (χ0n) is 9.14. The minimum atomic E-state index is -0.267. The Hall–Kier alpha value is -1.55. The van der Waals surface area contributed by atoms with E-state index in [1.54, 1.807) is 12.1 Å². The predicted octanol–water partition coefficient (Wildman–Crippen LogP) is 0.922. The topological polar surface area (TPSA) is 72.5 Å². The summed E-state index contributed by atoms with van der Waals surface area (Å²) >= 11 is 0. The number of methoxy groups -OCH3 is 1. The molecular formula is C12H15NO3. The molecule has 4 nitrogen and oxygen atoms in total. The quantitative estimate of drug-likeness (QED) is 0.728. The van der Waals surface area contributed by atoms with Crippen LogP contribution in [0, 0.1) is 0 Å². The highest BCUT2D eigenvalue weighted by Gasteiger charge is 2.33. The van der Waals surface area contributed by atoms with Crippen LogP contribution in [-0.4, -0.2) is 24.2 Å². The summed E-state index contributed by atoms with van der Waals surface area (Å²) in [5, 5.41) is 9.69. The van der Waals surface area contributed by atoms with Gasteiger partial charge in [-0.3, -0.25) is 4.79 Å². The molecule has 4 heteroatoms. The second-order valence-electron chi connectivity index (χ2n) is 4.10. The molecule has 0 heterocycles. The van der Waals surface area contributed by atoms with Crippen LogP contribution in [0.4, 0.5) is 0 Å². The van der Waals surface area contributed by atoms with Crippen LogP contribution in [-0.2, 0) is 16.0 Å². The molecule has 0 fully saturated rings. The van der Waals surface area contributed by atoms with Gasteiger partial charge in [-0.05, 0) is 23.6 Å². The zero-order chi connectivity index (χ0) is 11.7. The van der Waals surface area contributed by atoms with E-state index in [0.29, 0.717) is 6.42 Å². The number of carbonyl (C=O) groups excluding carboxylic acids is 1. The van der Waals surface area contributed by atoms with Gasteiger partial charge >= 0.3 is 5.97 Å². The molecule has 1 aromatic carbocycles. The maximum absolute atomic E-state index is 11.3. The van der Waals surface area contributed by atoms with E-state index in [1.165, 1.54) is 7.11 Å². The summed E-state index contributed by atoms with van der Waals surface area (Å²) in [5.74, 6) is -0.0495. The summed E-state index contributed by atoms with van der Waals surface area (Å²) in [4.78, 5) is 11.3. The summed E-state index contributed by atoms with van der Waals surface area (Å²) < 4.78 is 4.65. The van der Waals surface area contributed by atoms with Gasteiger partial charge < -0.3 is 15.6 Å². The third-order valence-corrected chi connectivity index (χ3v) is 3.16. The SMILES string of the molecule is COC(=O)CC1c2cccc(O)c2CC1N. The number of phenols is 1. The van der Waals surface area contributed by atoms with E-state index in [2.05, 4.69) is 4.74 Å². The lowest BCUT2D eigenvalue weighted by Gasteiger charge is -2.14. The van der Waals surface area contributed by atoms with Crippen LogP contribution in [0.25, 0.3) is 0 Å². The van der Waals surface area contributed by atoms with Crippen LogP contribution < -0.4 is 5.73 Å². The third-order valence-electron chi connectivity index (χ3n) is 3.16. The highest BCUT2D eigenvalue weighted by Crippen LogP contribution is 2.39. The molecule has 1 aromatic rings. The zero-order valence-corrected chi connectivity index (χ0v) is 9.14. The summed E-state index contributed by atoms with van der Waals surface area (Å²) in [6.07, 6.45) is 0.887. The third kappa shape index (κ3) is 1.76. The van der Waals surface area contributed by atoms with Gasteiger partial charge in [0.05, 0.1) is 13.5 Å². The number of fused-ring (bicyclic) bond motifs is 1. The predicted molar refractivity (Wildman–Crippen MR) is 59.2 cm³/mol. The van der Waals surface area contributed by atoms with Crippen molar-refractivity contribution in [3.8, 4) is 5.75 Å². The van der Waals surface area contributed by atoms with Crippen LogP contribution in [0.15, 0.2) is 18.2 Å². The second-order valence-corrected chi connectivity index (χ2v) is 4.10. The number of aromatic hydroxyl groups is 1. The lowest BCUT2D eigenvalue weighted by Crippen LogP contribution is -2.27. The Kier molecular flexibility index (Phi) is 2.83. The van der Waals surface area contributed by atoms with Crippen molar-refractivity contribution in [2.24, 2.45) is 5.73 Å². The van der Waals surface area contributed by atoms with Gasteiger partial charge in [-0.1, -0.05) is 12.1 Å². The lowest BCUT2D eigenvalue weighted by atomic mass is 9.95. The molecule has 0 saturated heterocycles. The highest BCUT2D eigenvalue weighted by atomic mass is 16.5. The van der Waals surface area contributed by atoms with Crippen molar-refractivity contribution in [1.29, 1.82) is 0 Å². The molecule has 1 aliphatic carbocycles. The van der Waals surface area contributed by atoms with Gasteiger partial charge in [0, 0.05) is 12.0 Å². The molecule has 2 rings (SSSR count). The van der Waals surface area contributed by atoms with E-state index in [-0.39, 0.29) is 30.1 Å². The van der Waals surface area contributed by atoms with E-state index in [4.69, 9.17) is 5.73 Å². The lowest BCUT2D eigenvalue weighted by molar-refractivity contribution is -0.141. The molecule has 0 amide bonds. The Morgan fingerprint density at radius 2 is 2.38 bits per heavy atom. The van der Waals surface area contributed by atoms with Crippen molar-refractivity contribution >= 4 is 5.97 Å². The Morgan fingerprint density at radius 1 is 1.62 bits per heavy atom. The fraction of sp³-hybridized carbons (Fsp3) is 0.417. The largest absolute Gasteiger partial charge is 0.508 e. The van der Waals surface area contributed by atoms with Gasteiger partial charge in [-0.2, -0.15) is 0 Å². The first-order valence-electron chi connectivity index (χ1n) is 5.26. The number of hydrogen-bond donors (Lipinski definition) is 2. The van der Waals surface area contributed by atoms with Crippen LogP contribution in [0.2, 0.25) is 0 Å². The first-order chi connectivity index (χ1) is 7.63. The molecule has 86 valence electrons. The number of ether oxygens (including phenoxy) is 1. The van der Waals surface area contributed by atoms with E-state index in [9.17, 15) is 9.90 Å². The summed E-state index contributed by atoms with van der Waals surface area (Å²) in [6.45, 7) is 0. The van der Waals surface area contributed by atoms with Crippen LogP contribution in [0.3, 0.4) is 0 Å². The molecule has 0 aliphatic heterocycles. The van der Waals surface area contributed by atoms with Crippen molar-refractivity contribution in [1.82, 2.24) is 0 Å². The maximum atomic E-state index is 11.3. The molecule has 2 atom stereocenters. The second kappa shape index (κ2) is 4.14. The molecule has 2 unspecified atom stereocenters. The summed E-state index contributed by atoms with van der Waals surface area (Å²) in [6, 6.07) is 5.21. The van der Waals surface area contributed by atoms with Crippen molar-refractivity contribution in [3.63, 3.8) is 0 Å². The standard InChI is InChI=1S/C12H15NO3/c1-16-12(15)6-8-7-3-2-4-11(14)9(7)5-10(8)13/h2-4,8,10,14H,5-6,13H2,1H3. The Labute approximate surface area is 94.0 Å². The van der Waals surface area contributed by atoms with Crippen molar-refractivity contribution in [2.75, 3.05) is 7.11 Å². The molecule has 16 heavy (non-hydrogen) atoms. The number of carbonyl (C=O) groups is 1. The number of nitrogens with two attached hydrogens (primary N) is 1. The minimum Gasteiger partial charge on any atom is -0.508 e. The Morgan fingerprint density at radius 3 is 3.06 bits per heavy atom. The van der Waals surface area contributed by atoms with Gasteiger partial charge in [0.15, 0.2) is 0 Å². The number of phenolic OH excluding ortho intramolecular Hbond substituents is 1. The fourth-order valence-corrected chi connectivity index (χ4v) is 2.29. The summed E-state index contributed by atoms with van der Waals surface area (Å²) in [7, 11) is 1.37. The number of hydrogen-bond acceptors (Lipinski definition) is 4. The van der Waals surface area contributed by atoms with Gasteiger partial charge in [-0.25, -0.2) is 0 Å². The fourth-order valence-electron chi connectivity index (χ4n) is 2.29. The van der Waals surface area contributed by atoms with Crippen LogP contribution in [0.1, 0.15) is 23.5 Å². The van der Waals surface area contributed by atoms with Crippen molar-refractivity contribution < 1.29 is 14.6 Å². The Bertz CT molecular complexity index is 417. The smallest absolute Gasteiger partial charge is 0.306 e. The molecular weight excluding hydrogens is 206 g/mol. The first-order valence-corrected chi connectivity index (χ1v) is 5.26. The normalized spacial score (nSPS) is 22.9.